The number of nitrogens with zero attached hydrogens (tertiary/aromatic N) is 1. The first kappa shape index (κ1) is 17.5. The summed E-state index contributed by atoms with van der Waals surface area (Å²) in [4.78, 5) is 14.3. The van der Waals surface area contributed by atoms with Crippen LogP contribution in [0.15, 0.2) is 36.4 Å². The molecular weight excluding hydrogens is 312 g/mol. The maximum atomic E-state index is 12.5. The van der Waals surface area contributed by atoms with E-state index >= 15 is 0 Å². The van der Waals surface area contributed by atoms with E-state index in [9.17, 15) is 4.79 Å². The summed E-state index contributed by atoms with van der Waals surface area (Å²) in [5.41, 5.74) is 4.43. The van der Waals surface area contributed by atoms with E-state index in [0.29, 0.717) is 0 Å². The van der Waals surface area contributed by atoms with Crippen LogP contribution in [0.2, 0.25) is 0 Å². The van der Waals surface area contributed by atoms with Gasteiger partial charge in [-0.25, -0.2) is 0 Å². The number of carbonyl (C=O) groups excluding carboxylic acids is 1. The summed E-state index contributed by atoms with van der Waals surface area (Å²) in [6, 6.07) is 15.4. The monoisotopic (exact) mass is 337 g/mol. The van der Waals surface area contributed by atoms with E-state index < -0.39 is 0 Å². The molecule has 0 bridgehead atoms. The highest BCUT2D eigenvalue weighted by atomic mass is 16.5. The summed E-state index contributed by atoms with van der Waals surface area (Å²) in [7, 11) is 1.67. The normalized spacial score (nSPS) is 16.2. The molecule has 3 rings (SSSR count). The number of benzene rings is 2. The summed E-state index contributed by atoms with van der Waals surface area (Å²) >= 11 is 0. The molecule has 1 aliphatic rings. The Morgan fingerprint density at radius 3 is 2.64 bits per heavy atom. The number of hydrogen-bond donors (Lipinski definition) is 1. The number of ether oxygens (including phenoxy) is 1. The molecule has 2 aromatic rings. The predicted molar refractivity (Wildman–Crippen MR) is 99.1 cm³/mol. The maximum Gasteiger partial charge on any atom is 0.253 e. The second kappa shape index (κ2) is 7.70. The Balaban J connectivity index is 1.85. The number of methoxy groups -OCH3 is 1. The van der Waals surface area contributed by atoms with Crippen LogP contribution in [0.1, 0.15) is 46.9 Å². The zero-order chi connectivity index (χ0) is 17.8. The largest absolute Gasteiger partial charge is 0.496 e. The molecule has 1 N–H and O–H groups in total. The Morgan fingerprint density at radius 1 is 1.28 bits per heavy atom. The van der Waals surface area contributed by atoms with Crippen LogP contribution in [0, 0.1) is 6.07 Å². The Kier molecular flexibility index (Phi) is 5.39. The van der Waals surface area contributed by atoms with Crippen molar-refractivity contribution in [2.45, 2.75) is 26.3 Å². The van der Waals surface area contributed by atoms with Crippen LogP contribution < -0.4 is 10.1 Å². The molecular formula is C21H25N2O2. The van der Waals surface area contributed by atoms with Gasteiger partial charge in [0.15, 0.2) is 0 Å². The molecule has 4 heteroatoms. The van der Waals surface area contributed by atoms with Gasteiger partial charge >= 0.3 is 0 Å². The minimum Gasteiger partial charge on any atom is -0.496 e. The Bertz CT molecular complexity index is 736. The third kappa shape index (κ3) is 3.54. The summed E-state index contributed by atoms with van der Waals surface area (Å²) in [5, 5.41) is 3.57. The molecule has 0 saturated carbocycles. The van der Waals surface area contributed by atoms with Crippen LogP contribution in [-0.4, -0.2) is 37.6 Å². The van der Waals surface area contributed by atoms with Gasteiger partial charge in [0.05, 0.1) is 13.2 Å². The summed E-state index contributed by atoms with van der Waals surface area (Å²) in [6.07, 6.45) is 0.982. The fraction of sp³-hybridized carbons (Fsp3) is 0.381. The highest BCUT2D eigenvalue weighted by Gasteiger charge is 2.22. The number of rotatable bonds is 5. The minimum absolute atomic E-state index is 0.0895. The number of fused-ring (bicyclic) bond motifs is 1. The lowest BCUT2D eigenvalue weighted by Crippen LogP contribution is -2.31. The molecule has 0 saturated heterocycles. The smallest absolute Gasteiger partial charge is 0.253 e. The topological polar surface area (TPSA) is 41.6 Å². The molecule has 1 amide bonds. The SMILES string of the molecule is CCN(CC)C(=O)c1ccc(C2NCCc3cc(OC)[c]cc32)cc1. The molecule has 0 fully saturated rings. The second-order valence-corrected chi connectivity index (χ2v) is 6.22. The second-order valence-electron chi connectivity index (χ2n) is 6.22. The number of hydrogen-bond acceptors (Lipinski definition) is 3. The molecule has 1 aliphatic heterocycles. The molecule has 0 aromatic heterocycles. The summed E-state index contributed by atoms with van der Waals surface area (Å²) in [6.45, 7) is 6.39. The van der Waals surface area contributed by atoms with Gasteiger partial charge < -0.3 is 15.0 Å². The fourth-order valence-corrected chi connectivity index (χ4v) is 3.40. The first-order valence-electron chi connectivity index (χ1n) is 8.89. The lowest BCUT2D eigenvalue weighted by atomic mass is 9.89. The first-order valence-corrected chi connectivity index (χ1v) is 8.89. The van der Waals surface area contributed by atoms with Crippen molar-refractivity contribution in [3.05, 3.63) is 64.7 Å². The van der Waals surface area contributed by atoms with Crippen molar-refractivity contribution in [3.8, 4) is 5.75 Å². The van der Waals surface area contributed by atoms with Crippen molar-refractivity contribution in [2.75, 3.05) is 26.7 Å². The van der Waals surface area contributed by atoms with E-state index in [1.54, 1.807) is 7.11 Å². The average Bonchev–Trinajstić information content (AvgIpc) is 2.68. The highest BCUT2D eigenvalue weighted by molar-refractivity contribution is 5.94. The lowest BCUT2D eigenvalue weighted by molar-refractivity contribution is 0.0773. The van der Waals surface area contributed by atoms with Gasteiger partial charge in [0.1, 0.15) is 5.75 Å². The van der Waals surface area contributed by atoms with E-state index in [2.05, 4.69) is 17.4 Å². The van der Waals surface area contributed by atoms with Crippen molar-refractivity contribution in [1.82, 2.24) is 10.2 Å². The molecule has 0 spiro atoms. The van der Waals surface area contributed by atoms with Gasteiger partial charge in [-0.05, 0) is 61.2 Å². The van der Waals surface area contributed by atoms with Gasteiger partial charge in [-0.2, -0.15) is 0 Å². The fourth-order valence-electron chi connectivity index (χ4n) is 3.40. The minimum atomic E-state index is 0.0895. The van der Waals surface area contributed by atoms with Crippen LogP contribution in [0.5, 0.6) is 5.75 Å². The number of nitrogens with one attached hydrogen (secondary N) is 1. The average molecular weight is 337 g/mol. The van der Waals surface area contributed by atoms with Crippen LogP contribution in [-0.2, 0) is 6.42 Å². The van der Waals surface area contributed by atoms with Crippen molar-refractivity contribution in [3.63, 3.8) is 0 Å². The Hall–Kier alpha value is -2.33. The quantitative estimate of drug-likeness (QED) is 0.911. The van der Waals surface area contributed by atoms with E-state index in [1.807, 2.05) is 49.1 Å². The number of amides is 1. The van der Waals surface area contributed by atoms with Gasteiger partial charge in [0.25, 0.3) is 5.91 Å². The van der Waals surface area contributed by atoms with Gasteiger partial charge in [-0.1, -0.05) is 12.1 Å². The molecule has 131 valence electrons. The number of carbonyl (C=O) groups is 1. The van der Waals surface area contributed by atoms with Gasteiger partial charge in [0.2, 0.25) is 0 Å². The van der Waals surface area contributed by atoms with Crippen LogP contribution >= 0.6 is 0 Å². The summed E-state index contributed by atoms with van der Waals surface area (Å²) in [5.74, 6) is 0.867. The molecule has 2 aromatic carbocycles. The highest BCUT2D eigenvalue weighted by Crippen LogP contribution is 2.31. The van der Waals surface area contributed by atoms with Crippen molar-refractivity contribution in [1.29, 1.82) is 0 Å². The predicted octanol–water partition coefficient (Wildman–Crippen LogP) is 3.21. The van der Waals surface area contributed by atoms with Crippen molar-refractivity contribution >= 4 is 5.91 Å². The standard InChI is InChI=1S/C21H25N2O2/c1-4-23(5-2)21(24)16-8-6-15(7-9-16)20-19-11-10-18(25-3)14-17(19)12-13-22-20/h6-9,11,14,20,22H,4-5,12-13H2,1-3H3. The van der Waals surface area contributed by atoms with E-state index in [4.69, 9.17) is 4.74 Å². The molecule has 1 heterocycles. The van der Waals surface area contributed by atoms with Crippen LogP contribution in [0.4, 0.5) is 0 Å². The molecule has 25 heavy (non-hydrogen) atoms. The lowest BCUT2D eigenvalue weighted by Gasteiger charge is -2.28. The van der Waals surface area contributed by atoms with Gasteiger partial charge in [-0.15, -0.1) is 0 Å². The molecule has 1 atom stereocenters. The van der Waals surface area contributed by atoms with Gasteiger partial charge in [-0.3, -0.25) is 4.79 Å². The van der Waals surface area contributed by atoms with Crippen LogP contribution in [0.3, 0.4) is 0 Å². The van der Waals surface area contributed by atoms with Gasteiger partial charge in [0, 0.05) is 31.3 Å². The van der Waals surface area contributed by atoms with Crippen LogP contribution in [0.25, 0.3) is 0 Å². The first-order chi connectivity index (χ1) is 12.2. The summed E-state index contributed by atoms with van der Waals surface area (Å²) < 4.78 is 5.29. The molecule has 0 aliphatic carbocycles. The van der Waals surface area contributed by atoms with E-state index in [1.165, 1.54) is 11.1 Å². The maximum absolute atomic E-state index is 12.5. The third-order valence-electron chi connectivity index (χ3n) is 4.86. The van der Waals surface area contributed by atoms with E-state index in [0.717, 1.165) is 42.9 Å². The zero-order valence-electron chi connectivity index (χ0n) is 15.1. The molecule has 4 nitrogen and oxygen atoms in total. The molecule has 1 radical (unpaired) electrons. The van der Waals surface area contributed by atoms with Crippen molar-refractivity contribution in [2.24, 2.45) is 0 Å². The Labute approximate surface area is 149 Å². The van der Waals surface area contributed by atoms with E-state index in [-0.39, 0.29) is 11.9 Å². The van der Waals surface area contributed by atoms with Crippen molar-refractivity contribution < 1.29 is 9.53 Å². The zero-order valence-corrected chi connectivity index (χ0v) is 15.1. The Morgan fingerprint density at radius 2 is 2.00 bits per heavy atom. The third-order valence-corrected chi connectivity index (χ3v) is 4.86. The molecule has 1 unspecified atom stereocenters.